The summed E-state index contributed by atoms with van der Waals surface area (Å²) in [6.07, 6.45) is 0.768. The quantitative estimate of drug-likeness (QED) is 0.768. The maximum atomic E-state index is 12.3. The molecule has 0 aliphatic heterocycles. The van der Waals surface area contributed by atoms with Crippen molar-refractivity contribution < 1.29 is 14.3 Å². The van der Waals surface area contributed by atoms with Crippen LogP contribution in [0.25, 0.3) is 0 Å². The first-order chi connectivity index (χ1) is 9.10. The summed E-state index contributed by atoms with van der Waals surface area (Å²) in [6, 6.07) is 7.43. The number of nitrogens with one attached hydrogen (secondary N) is 1. The van der Waals surface area contributed by atoms with Gasteiger partial charge in [0.25, 0.3) is 5.91 Å². The van der Waals surface area contributed by atoms with Crippen molar-refractivity contribution in [2.75, 3.05) is 34.3 Å². The monoisotopic (exact) mass is 264 g/mol. The van der Waals surface area contributed by atoms with Crippen LogP contribution in [0, 0.1) is 0 Å². The van der Waals surface area contributed by atoms with Crippen molar-refractivity contribution in [2.24, 2.45) is 0 Å². The van der Waals surface area contributed by atoms with E-state index in [9.17, 15) is 9.59 Å². The molecule has 0 radical (unpaired) electrons. The fraction of sp³-hybridized carbons (Fsp3) is 0.429. The number of nitrogens with zero attached hydrogens (tertiary/aromatic N) is 1. The van der Waals surface area contributed by atoms with Crippen molar-refractivity contribution in [1.82, 2.24) is 10.2 Å². The van der Waals surface area contributed by atoms with Gasteiger partial charge < -0.3 is 15.0 Å². The molecule has 0 saturated heterocycles. The van der Waals surface area contributed by atoms with Crippen LogP contribution in [0.4, 0.5) is 0 Å². The minimum Gasteiger partial charge on any atom is -0.468 e. The molecule has 0 spiro atoms. The fourth-order valence-electron chi connectivity index (χ4n) is 1.74. The molecule has 104 valence electrons. The zero-order valence-corrected chi connectivity index (χ0v) is 11.6. The predicted octanol–water partition coefficient (Wildman–Crippen LogP) is 0.694. The molecule has 0 fully saturated rings. The Hall–Kier alpha value is -1.88. The first-order valence-corrected chi connectivity index (χ1v) is 6.15. The summed E-state index contributed by atoms with van der Waals surface area (Å²) < 4.78 is 4.56. The first-order valence-electron chi connectivity index (χ1n) is 6.15. The smallest absolute Gasteiger partial charge is 0.325 e. The lowest BCUT2D eigenvalue weighted by molar-refractivity contribution is -0.141. The molecule has 0 unspecified atom stereocenters. The second-order valence-electron chi connectivity index (χ2n) is 4.25. The molecule has 5 heteroatoms. The van der Waals surface area contributed by atoms with Gasteiger partial charge in [0, 0.05) is 12.6 Å². The molecule has 0 saturated carbocycles. The van der Waals surface area contributed by atoms with E-state index in [4.69, 9.17) is 0 Å². The number of likely N-dealkylation sites (N-methyl/N-ethyl adjacent to an activating group) is 2. The van der Waals surface area contributed by atoms with Crippen LogP contribution in [0.5, 0.6) is 0 Å². The van der Waals surface area contributed by atoms with E-state index in [0.29, 0.717) is 5.56 Å². The van der Waals surface area contributed by atoms with Crippen molar-refractivity contribution >= 4 is 11.9 Å². The minimum atomic E-state index is -0.427. The molecular weight excluding hydrogens is 244 g/mol. The Labute approximate surface area is 113 Å². The van der Waals surface area contributed by atoms with Crippen LogP contribution in [-0.2, 0) is 16.0 Å². The molecular formula is C14H20N2O3. The summed E-state index contributed by atoms with van der Waals surface area (Å²) in [7, 11) is 4.77. The highest BCUT2D eigenvalue weighted by molar-refractivity contribution is 5.97. The van der Waals surface area contributed by atoms with E-state index in [-0.39, 0.29) is 12.5 Å². The van der Waals surface area contributed by atoms with Gasteiger partial charge in [-0.15, -0.1) is 0 Å². The molecule has 0 aromatic heterocycles. The topological polar surface area (TPSA) is 58.6 Å². The van der Waals surface area contributed by atoms with Crippen molar-refractivity contribution in [3.8, 4) is 0 Å². The van der Waals surface area contributed by atoms with Crippen LogP contribution in [0.1, 0.15) is 15.9 Å². The number of carbonyl (C=O) groups excluding carboxylic acids is 2. The number of esters is 1. The van der Waals surface area contributed by atoms with Gasteiger partial charge in [-0.1, -0.05) is 18.2 Å². The predicted molar refractivity (Wildman–Crippen MR) is 73.0 cm³/mol. The lowest BCUT2D eigenvalue weighted by Gasteiger charge is -2.17. The lowest BCUT2D eigenvalue weighted by Crippen LogP contribution is -2.33. The van der Waals surface area contributed by atoms with Gasteiger partial charge in [-0.3, -0.25) is 9.59 Å². The average molecular weight is 264 g/mol. The van der Waals surface area contributed by atoms with Crippen LogP contribution in [-0.4, -0.2) is 51.1 Å². The van der Waals surface area contributed by atoms with Gasteiger partial charge in [-0.2, -0.15) is 0 Å². The van der Waals surface area contributed by atoms with Gasteiger partial charge in [0.2, 0.25) is 0 Å². The van der Waals surface area contributed by atoms with Crippen LogP contribution < -0.4 is 5.32 Å². The molecule has 1 aromatic rings. The molecule has 1 N–H and O–H groups in total. The van der Waals surface area contributed by atoms with Crippen molar-refractivity contribution in [3.05, 3.63) is 35.4 Å². The maximum Gasteiger partial charge on any atom is 0.325 e. The zero-order chi connectivity index (χ0) is 14.3. The van der Waals surface area contributed by atoms with Gasteiger partial charge >= 0.3 is 5.97 Å². The zero-order valence-electron chi connectivity index (χ0n) is 11.6. The minimum absolute atomic E-state index is 0.0459. The molecule has 1 rings (SSSR count). The second kappa shape index (κ2) is 7.53. The number of ether oxygens (including phenoxy) is 1. The van der Waals surface area contributed by atoms with Crippen molar-refractivity contribution in [1.29, 1.82) is 0 Å². The van der Waals surface area contributed by atoms with Gasteiger partial charge in [0.1, 0.15) is 6.54 Å². The lowest BCUT2D eigenvalue weighted by atomic mass is 10.0. The summed E-state index contributed by atoms with van der Waals surface area (Å²) in [5.41, 5.74) is 1.60. The Morgan fingerprint density at radius 2 is 2.00 bits per heavy atom. The Balaban J connectivity index is 2.83. The number of hydrogen-bond acceptors (Lipinski definition) is 4. The Morgan fingerprint density at radius 3 is 2.63 bits per heavy atom. The third-order valence-corrected chi connectivity index (χ3v) is 2.83. The fourth-order valence-corrected chi connectivity index (χ4v) is 1.74. The summed E-state index contributed by atoms with van der Waals surface area (Å²) in [6.45, 7) is 0.751. The van der Waals surface area contributed by atoms with E-state index in [0.717, 1.165) is 18.5 Å². The first kappa shape index (κ1) is 15.2. The van der Waals surface area contributed by atoms with Gasteiger partial charge in [-0.05, 0) is 31.6 Å². The molecule has 1 amide bonds. The van der Waals surface area contributed by atoms with Crippen LogP contribution in [0.2, 0.25) is 0 Å². The molecule has 0 heterocycles. The molecule has 19 heavy (non-hydrogen) atoms. The van der Waals surface area contributed by atoms with Crippen LogP contribution in [0.15, 0.2) is 24.3 Å². The van der Waals surface area contributed by atoms with E-state index in [1.54, 1.807) is 13.1 Å². The summed E-state index contributed by atoms with van der Waals surface area (Å²) >= 11 is 0. The van der Waals surface area contributed by atoms with E-state index >= 15 is 0 Å². The molecule has 0 atom stereocenters. The van der Waals surface area contributed by atoms with Crippen molar-refractivity contribution in [3.63, 3.8) is 0 Å². The van der Waals surface area contributed by atoms with Crippen LogP contribution in [0.3, 0.4) is 0 Å². The van der Waals surface area contributed by atoms with Gasteiger partial charge in [0.05, 0.1) is 7.11 Å². The number of rotatable bonds is 6. The SMILES string of the molecule is CNCCc1ccccc1C(=O)N(C)CC(=O)OC. The molecule has 0 aliphatic carbocycles. The third kappa shape index (κ3) is 4.37. The maximum absolute atomic E-state index is 12.3. The van der Waals surface area contributed by atoms with Gasteiger partial charge in [-0.25, -0.2) is 0 Å². The third-order valence-electron chi connectivity index (χ3n) is 2.83. The van der Waals surface area contributed by atoms with E-state index < -0.39 is 5.97 Å². The highest BCUT2D eigenvalue weighted by atomic mass is 16.5. The molecule has 1 aromatic carbocycles. The number of benzene rings is 1. The standard InChI is InChI=1S/C14H20N2O3/c1-15-9-8-11-6-4-5-7-12(11)14(18)16(2)10-13(17)19-3/h4-7,15H,8-10H2,1-3H3. The molecule has 0 aliphatic rings. The highest BCUT2D eigenvalue weighted by Gasteiger charge is 2.17. The Morgan fingerprint density at radius 1 is 1.32 bits per heavy atom. The van der Waals surface area contributed by atoms with E-state index in [1.807, 2.05) is 25.2 Å². The largest absolute Gasteiger partial charge is 0.468 e. The van der Waals surface area contributed by atoms with Crippen LogP contribution >= 0.6 is 0 Å². The average Bonchev–Trinajstić information content (AvgIpc) is 2.44. The number of methoxy groups -OCH3 is 1. The summed E-state index contributed by atoms with van der Waals surface area (Å²) in [5, 5.41) is 3.05. The number of carbonyl (C=O) groups is 2. The summed E-state index contributed by atoms with van der Waals surface area (Å²) in [5.74, 6) is -0.597. The van der Waals surface area contributed by atoms with E-state index in [2.05, 4.69) is 10.1 Å². The van der Waals surface area contributed by atoms with Gasteiger partial charge in [0.15, 0.2) is 0 Å². The second-order valence-corrected chi connectivity index (χ2v) is 4.25. The molecule has 5 nitrogen and oxygen atoms in total. The van der Waals surface area contributed by atoms with Crippen molar-refractivity contribution in [2.45, 2.75) is 6.42 Å². The number of amides is 1. The van der Waals surface area contributed by atoms with E-state index in [1.165, 1.54) is 12.0 Å². The molecule has 0 bridgehead atoms. The highest BCUT2D eigenvalue weighted by Crippen LogP contribution is 2.11. The Kier molecular flexibility index (Phi) is 6.02. The normalized spacial score (nSPS) is 10.1. The number of hydrogen-bond donors (Lipinski definition) is 1. The summed E-state index contributed by atoms with van der Waals surface area (Å²) in [4.78, 5) is 24.8. The Bertz CT molecular complexity index is 446.